The molecule has 0 aromatic heterocycles. The highest BCUT2D eigenvalue weighted by atomic mass is 35.5. The molecule has 0 atom stereocenters. The summed E-state index contributed by atoms with van der Waals surface area (Å²) in [4.78, 5) is 0. The molecule has 2 N–H and O–H groups in total. The predicted octanol–water partition coefficient (Wildman–Crippen LogP) is 3.83. The summed E-state index contributed by atoms with van der Waals surface area (Å²) in [6.07, 6.45) is 0. The Kier molecular flexibility index (Phi) is 3.84. The van der Waals surface area contributed by atoms with E-state index in [0.717, 1.165) is 0 Å². The van der Waals surface area contributed by atoms with Crippen LogP contribution in [0.3, 0.4) is 0 Å². The molecule has 94 valence electrons. The zero-order valence-electron chi connectivity index (χ0n) is 9.90. The van der Waals surface area contributed by atoms with Crippen molar-refractivity contribution in [1.29, 1.82) is 5.26 Å². The van der Waals surface area contributed by atoms with E-state index in [-0.39, 0.29) is 16.8 Å². The second kappa shape index (κ2) is 5.55. The average Bonchev–Trinajstić information content (AvgIpc) is 2.43. The van der Waals surface area contributed by atoms with Crippen LogP contribution in [0.15, 0.2) is 48.5 Å². The Hall–Kier alpha value is -2.31. The first kappa shape index (κ1) is 13.1. The fourth-order valence-corrected chi connectivity index (χ4v) is 1.90. The van der Waals surface area contributed by atoms with Gasteiger partial charge in [-0.05, 0) is 23.8 Å². The molecule has 2 aromatic carbocycles. The number of rotatable bonds is 2. The van der Waals surface area contributed by atoms with E-state index in [0.29, 0.717) is 10.6 Å². The van der Waals surface area contributed by atoms with E-state index in [2.05, 4.69) is 0 Å². The van der Waals surface area contributed by atoms with Crippen LogP contribution in [0, 0.1) is 17.1 Å². The van der Waals surface area contributed by atoms with E-state index in [1.165, 1.54) is 18.2 Å². The normalized spacial score (nSPS) is 11.6. The van der Waals surface area contributed by atoms with Gasteiger partial charge in [-0.2, -0.15) is 5.26 Å². The summed E-state index contributed by atoms with van der Waals surface area (Å²) >= 11 is 5.83. The summed E-state index contributed by atoms with van der Waals surface area (Å²) in [6.45, 7) is 0. The van der Waals surface area contributed by atoms with Gasteiger partial charge in [0.15, 0.2) is 0 Å². The predicted molar refractivity (Wildman–Crippen MR) is 74.5 cm³/mol. The van der Waals surface area contributed by atoms with Crippen molar-refractivity contribution in [1.82, 2.24) is 0 Å². The molecule has 2 rings (SSSR count). The van der Waals surface area contributed by atoms with Crippen molar-refractivity contribution in [3.05, 3.63) is 70.5 Å². The number of nitrogens with zero attached hydrogens (tertiary/aromatic N) is 1. The maximum absolute atomic E-state index is 13.8. The van der Waals surface area contributed by atoms with E-state index >= 15 is 0 Å². The average molecular weight is 273 g/mol. The van der Waals surface area contributed by atoms with Crippen molar-refractivity contribution in [2.24, 2.45) is 5.73 Å². The molecule has 4 heteroatoms. The van der Waals surface area contributed by atoms with Gasteiger partial charge < -0.3 is 5.73 Å². The van der Waals surface area contributed by atoms with Gasteiger partial charge in [0.25, 0.3) is 0 Å². The highest BCUT2D eigenvalue weighted by molar-refractivity contribution is 6.30. The van der Waals surface area contributed by atoms with E-state index in [1.807, 2.05) is 12.1 Å². The van der Waals surface area contributed by atoms with Gasteiger partial charge in [-0.1, -0.05) is 41.9 Å². The number of hydrogen-bond acceptors (Lipinski definition) is 2. The van der Waals surface area contributed by atoms with Crippen molar-refractivity contribution in [3.8, 4) is 6.07 Å². The van der Waals surface area contributed by atoms with Gasteiger partial charge >= 0.3 is 0 Å². The van der Waals surface area contributed by atoms with Crippen LogP contribution in [0.25, 0.3) is 11.3 Å². The van der Waals surface area contributed by atoms with Crippen LogP contribution in [0.4, 0.5) is 4.39 Å². The molecule has 0 amide bonds. The van der Waals surface area contributed by atoms with Crippen LogP contribution >= 0.6 is 11.6 Å². The molecular weight excluding hydrogens is 263 g/mol. The molecule has 0 spiro atoms. The number of halogens is 2. The highest BCUT2D eigenvalue weighted by Crippen LogP contribution is 2.25. The van der Waals surface area contributed by atoms with Gasteiger partial charge in [-0.3, -0.25) is 0 Å². The van der Waals surface area contributed by atoms with Crippen LogP contribution < -0.4 is 5.73 Å². The fourth-order valence-electron chi connectivity index (χ4n) is 1.72. The van der Waals surface area contributed by atoms with E-state index < -0.39 is 5.82 Å². The zero-order valence-corrected chi connectivity index (χ0v) is 10.7. The van der Waals surface area contributed by atoms with Crippen molar-refractivity contribution < 1.29 is 4.39 Å². The first-order valence-corrected chi connectivity index (χ1v) is 5.92. The topological polar surface area (TPSA) is 49.8 Å². The maximum Gasteiger partial charge on any atom is 0.132 e. The molecular formula is C15H10ClFN2. The Bertz CT molecular complexity index is 672. The van der Waals surface area contributed by atoms with Gasteiger partial charge in [0.05, 0.1) is 11.3 Å². The second-order valence-corrected chi connectivity index (χ2v) is 4.33. The van der Waals surface area contributed by atoms with Crippen LogP contribution in [0.1, 0.15) is 11.1 Å². The molecule has 0 bridgehead atoms. The zero-order chi connectivity index (χ0) is 13.8. The quantitative estimate of drug-likeness (QED) is 0.667. The summed E-state index contributed by atoms with van der Waals surface area (Å²) in [6, 6.07) is 15.0. The molecule has 0 aliphatic carbocycles. The fraction of sp³-hybridized carbons (Fsp3) is 0. The molecule has 2 nitrogen and oxygen atoms in total. The number of allylic oxidation sites excluding steroid dienone is 1. The van der Waals surface area contributed by atoms with Crippen LogP contribution in [0.5, 0.6) is 0 Å². The molecule has 0 heterocycles. The lowest BCUT2D eigenvalue weighted by Crippen LogP contribution is -2.03. The maximum atomic E-state index is 13.8. The van der Waals surface area contributed by atoms with Crippen LogP contribution in [-0.2, 0) is 0 Å². The third kappa shape index (κ3) is 2.75. The van der Waals surface area contributed by atoms with Crippen molar-refractivity contribution in [3.63, 3.8) is 0 Å². The molecule has 0 aliphatic rings. The largest absolute Gasteiger partial charge is 0.397 e. The third-order valence-corrected chi connectivity index (χ3v) is 2.90. The van der Waals surface area contributed by atoms with Gasteiger partial charge in [0.2, 0.25) is 0 Å². The smallest absolute Gasteiger partial charge is 0.132 e. The van der Waals surface area contributed by atoms with Crippen molar-refractivity contribution >= 4 is 22.9 Å². The molecule has 19 heavy (non-hydrogen) atoms. The van der Waals surface area contributed by atoms with Gasteiger partial charge in [0, 0.05) is 10.6 Å². The Balaban J connectivity index is 2.62. The van der Waals surface area contributed by atoms with Crippen LogP contribution in [0.2, 0.25) is 5.02 Å². The second-order valence-electron chi connectivity index (χ2n) is 3.89. The Morgan fingerprint density at radius 3 is 2.47 bits per heavy atom. The van der Waals surface area contributed by atoms with Gasteiger partial charge in [-0.25, -0.2) is 4.39 Å². The number of nitriles is 1. The number of benzene rings is 2. The molecule has 0 saturated heterocycles. The summed E-state index contributed by atoms with van der Waals surface area (Å²) in [7, 11) is 0. The first-order valence-electron chi connectivity index (χ1n) is 5.54. The molecule has 0 aliphatic heterocycles. The summed E-state index contributed by atoms with van der Waals surface area (Å²) < 4.78 is 13.8. The lowest BCUT2D eigenvalue weighted by molar-refractivity contribution is 0.624. The lowest BCUT2D eigenvalue weighted by atomic mass is 10.0. The molecule has 0 fully saturated rings. The van der Waals surface area contributed by atoms with Crippen LogP contribution in [-0.4, -0.2) is 0 Å². The van der Waals surface area contributed by atoms with Crippen molar-refractivity contribution in [2.75, 3.05) is 0 Å². The standard InChI is InChI=1S/C15H10ClFN2/c16-11-6-7-14(17)12(8-11)15(19)13(9-18)10-4-2-1-3-5-10/h1-8H,19H2/b15-13-. The summed E-state index contributed by atoms with van der Waals surface area (Å²) in [5.74, 6) is -0.509. The SMILES string of the molecule is N#C/C(=C(/N)c1cc(Cl)ccc1F)c1ccccc1. The minimum Gasteiger partial charge on any atom is -0.397 e. The molecule has 2 aromatic rings. The third-order valence-electron chi connectivity index (χ3n) is 2.66. The Morgan fingerprint density at radius 2 is 1.84 bits per heavy atom. The molecule has 0 saturated carbocycles. The lowest BCUT2D eigenvalue weighted by Gasteiger charge is -2.08. The Morgan fingerprint density at radius 1 is 1.16 bits per heavy atom. The van der Waals surface area contributed by atoms with E-state index in [4.69, 9.17) is 17.3 Å². The highest BCUT2D eigenvalue weighted by Gasteiger charge is 2.12. The van der Waals surface area contributed by atoms with Gasteiger partial charge in [-0.15, -0.1) is 0 Å². The Labute approximate surface area is 115 Å². The minimum absolute atomic E-state index is 0.0775. The minimum atomic E-state index is -0.509. The molecule has 0 radical (unpaired) electrons. The first-order chi connectivity index (χ1) is 9.13. The van der Waals surface area contributed by atoms with Crippen molar-refractivity contribution in [2.45, 2.75) is 0 Å². The number of hydrogen-bond donors (Lipinski definition) is 1. The summed E-state index contributed by atoms with van der Waals surface area (Å²) in [5, 5.41) is 9.59. The van der Waals surface area contributed by atoms with E-state index in [1.54, 1.807) is 24.3 Å². The summed E-state index contributed by atoms with van der Waals surface area (Å²) in [5.41, 5.74) is 6.98. The van der Waals surface area contributed by atoms with E-state index in [9.17, 15) is 9.65 Å². The molecule has 0 unspecified atom stereocenters. The monoisotopic (exact) mass is 272 g/mol. The number of nitrogens with two attached hydrogens (primary N) is 1. The van der Waals surface area contributed by atoms with Gasteiger partial charge in [0.1, 0.15) is 11.9 Å².